The molecule has 0 bridgehead atoms. The number of rotatable bonds is 2. The molecule has 1 aliphatic rings. The maximum Gasteiger partial charge on any atom is 0.239 e. The molecule has 2 N–H and O–H groups in total. The van der Waals surface area contributed by atoms with Gasteiger partial charge in [0.05, 0.1) is 6.04 Å². The number of thioether (sulfide) groups is 1. The Morgan fingerprint density at radius 2 is 2.21 bits per heavy atom. The molecule has 0 aromatic rings. The van der Waals surface area contributed by atoms with Crippen molar-refractivity contribution in [3.63, 3.8) is 0 Å². The molecule has 0 aromatic carbocycles. The highest BCUT2D eigenvalue weighted by molar-refractivity contribution is 7.99. The highest BCUT2D eigenvalue weighted by Gasteiger charge is 2.26. The number of hydrogen-bond donors (Lipinski definition) is 1. The first-order chi connectivity index (χ1) is 6.52. The molecule has 2 atom stereocenters. The molecule has 4 heteroatoms. The van der Waals surface area contributed by atoms with E-state index in [1.807, 2.05) is 30.5 Å². The lowest BCUT2D eigenvalue weighted by molar-refractivity contribution is -0.133. The summed E-state index contributed by atoms with van der Waals surface area (Å²) in [7, 11) is 0. The first-order valence-corrected chi connectivity index (χ1v) is 6.23. The largest absolute Gasteiger partial charge is 0.339 e. The van der Waals surface area contributed by atoms with Crippen LogP contribution in [-0.4, -0.2) is 40.9 Å². The summed E-state index contributed by atoms with van der Waals surface area (Å²) in [6, 6.07) is -0.328. The van der Waals surface area contributed by atoms with E-state index in [1.165, 1.54) is 0 Å². The summed E-state index contributed by atoms with van der Waals surface area (Å²) < 4.78 is 0. The summed E-state index contributed by atoms with van der Waals surface area (Å²) in [6.07, 6.45) is 0. The van der Waals surface area contributed by atoms with Crippen LogP contribution in [0.4, 0.5) is 0 Å². The van der Waals surface area contributed by atoms with Crippen molar-refractivity contribution in [3.8, 4) is 0 Å². The Balaban J connectivity index is 2.51. The van der Waals surface area contributed by atoms with E-state index in [2.05, 4.69) is 6.92 Å². The highest BCUT2D eigenvalue weighted by Crippen LogP contribution is 2.18. The molecule has 1 saturated heterocycles. The Bertz CT molecular complexity index is 208. The van der Waals surface area contributed by atoms with Gasteiger partial charge < -0.3 is 10.6 Å². The summed E-state index contributed by atoms with van der Waals surface area (Å²) in [4.78, 5) is 13.8. The zero-order valence-electron chi connectivity index (χ0n) is 9.19. The number of hydrogen-bond acceptors (Lipinski definition) is 3. The van der Waals surface area contributed by atoms with Gasteiger partial charge in [0.2, 0.25) is 5.91 Å². The molecular formula is C10H20N2OS. The van der Waals surface area contributed by atoms with E-state index >= 15 is 0 Å². The predicted octanol–water partition coefficient (Wildman–Crippen LogP) is 0.934. The highest BCUT2D eigenvalue weighted by atomic mass is 32.2. The average molecular weight is 216 g/mol. The van der Waals surface area contributed by atoms with Crippen LogP contribution >= 0.6 is 11.8 Å². The molecular weight excluding hydrogens is 196 g/mol. The summed E-state index contributed by atoms with van der Waals surface area (Å²) in [5.41, 5.74) is 5.84. The Hall–Kier alpha value is -0.220. The lowest BCUT2D eigenvalue weighted by Crippen LogP contribution is -2.50. The van der Waals surface area contributed by atoms with Gasteiger partial charge in [0, 0.05) is 24.1 Å². The van der Waals surface area contributed by atoms with Gasteiger partial charge in [-0.05, 0) is 5.92 Å². The molecule has 0 radical (unpaired) electrons. The predicted molar refractivity (Wildman–Crippen MR) is 61.3 cm³/mol. The van der Waals surface area contributed by atoms with Crippen LogP contribution in [0, 0.1) is 5.92 Å². The SMILES string of the molecule is CC1CN(C(=O)[C@H](N)C(C)C)CCS1. The van der Waals surface area contributed by atoms with E-state index in [1.54, 1.807) is 0 Å². The fourth-order valence-corrected chi connectivity index (χ4v) is 2.53. The van der Waals surface area contributed by atoms with Crippen LogP contribution in [0.3, 0.4) is 0 Å². The molecule has 0 saturated carbocycles. The third-order valence-corrected chi connectivity index (χ3v) is 3.69. The van der Waals surface area contributed by atoms with Crippen molar-refractivity contribution < 1.29 is 4.79 Å². The molecule has 1 rings (SSSR count). The zero-order chi connectivity index (χ0) is 10.7. The molecule has 1 heterocycles. The van der Waals surface area contributed by atoms with Gasteiger partial charge in [0.25, 0.3) is 0 Å². The van der Waals surface area contributed by atoms with E-state index < -0.39 is 0 Å². The maximum absolute atomic E-state index is 11.9. The lowest BCUT2D eigenvalue weighted by atomic mass is 10.0. The molecule has 1 unspecified atom stereocenters. The molecule has 0 aromatic heterocycles. The van der Waals surface area contributed by atoms with Crippen LogP contribution in [-0.2, 0) is 4.79 Å². The van der Waals surface area contributed by atoms with Gasteiger partial charge in [-0.1, -0.05) is 20.8 Å². The van der Waals surface area contributed by atoms with Crippen molar-refractivity contribution in [1.82, 2.24) is 4.90 Å². The monoisotopic (exact) mass is 216 g/mol. The van der Waals surface area contributed by atoms with Gasteiger partial charge in [0.1, 0.15) is 0 Å². The molecule has 0 spiro atoms. The first-order valence-electron chi connectivity index (χ1n) is 5.18. The molecule has 14 heavy (non-hydrogen) atoms. The van der Waals surface area contributed by atoms with Crippen molar-refractivity contribution in [2.45, 2.75) is 32.1 Å². The van der Waals surface area contributed by atoms with Gasteiger partial charge in [-0.15, -0.1) is 0 Å². The van der Waals surface area contributed by atoms with Crippen LogP contribution in [0.25, 0.3) is 0 Å². The molecule has 1 fully saturated rings. The fourth-order valence-electron chi connectivity index (χ4n) is 1.51. The van der Waals surface area contributed by atoms with Crippen LogP contribution < -0.4 is 5.73 Å². The van der Waals surface area contributed by atoms with Crippen LogP contribution in [0.1, 0.15) is 20.8 Å². The number of carbonyl (C=O) groups is 1. The number of nitrogens with two attached hydrogens (primary N) is 1. The van der Waals surface area contributed by atoms with Crippen LogP contribution in [0.15, 0.2) is 0 Å². The van der Waals surface area contributed by atoms with Gasteiger partial charge in [-0.3, -0.25) is 4.79 Å². The summed E-state index contributed by atoms with van der Waals surface area (Å²) in [6.45, 7) is 7.85. The van der Waals surface area contributed by atoms with Gasteiger partial charge >= 0.3 is 0 Å². The van der Waals surface area contributed by atoms with E-state index in [9.17, 15) is 4.79 Å². The second-order valence-corrected chi connectivity index (χ2v) is 5.78. The van der Waals surface area contributed by atoms with Crippen molar-refractivity contribution in [3.05, 3.63) is 0 Å². The summed E-state index contributed by atoms with van der Waals surface area (Å²) in [5.74, 6) is 1.39. The van der Waals surface area contributed by atoms with Crippen molar-refractivity contribution in [2.75, 3.05) is 18.8 Å². The molecule has 1 aliphatic heterocycles. The van der Waals surface area contributed by atoms with Crippen molar-refractivity contribution in [2.24, 2.45) is 11.7 Å². The lowest BCUT2D eigenvalue weighted by Gasteiger charge is -2.33. The van der Waals surface area contributed by atoms with E-state index in [0.29, 0.717) is 5.25 Å². The minimum atomic E-state index is -0.328. The standard InChI is InChI=1S/C10H20N2OS/c1-7(2)9(11)10(13)12-4-5-14-8(3)6-12/h7-9H,4-6,11H2,1-3H3/t8?,9-/m1/s1. The van der Waals surface area contributed by atoms with Crippen molar-refractivity contribution in [1.29, 1.82) is 0 Å². The van der Waals surface area contributed by atoms with E-state index in [0.717, 1.165) is 18.8 Å². The first kappa shape index (κ1) is 11.9. The number of carbonyl (C=O) groups excluding carboxylic acids is 1. The Kier molecular flexibility index (Phi) is 4.26. The number of nitrogens with zero attached hydrogens (tertiary/aromatic N) is 1. The van der Waals surface area contributed by atoms with Gasteiger partial charge in [0.15, 0.2) is 0 Å². The third-order valence-electron chi connectivity index (χ3n) is 2.56. The van der Waals surface area contributed by atoms with Crippen LogP contribution in [0.2, 0.25) is 0 Å². The van der Waals surface area contributed by atoms with Crippen molar-refractivity contribution >= 4 is 17.7 Å². The normalized spacial score (nSPS) is 25.2. The smallest absolute Gasteiger partial charge is 0.239 e. The number of amides is 1. The average Bonchev–Trinajstić information content (AvgIpc) is 2.15. The second-order valence-electron chi connectivity index (χ2n) is 4.24. The molecule has 1 amide bonds. The molecule has 82 valence electrons. The third kappa shape index (κ3) is 2.89. The fraction of sp³-hybridized carbons (Fsp3) is 0.900. The Morgan fingerprint density at radius 3 is 2.71 bits per heavy atom. The summed E-state index contributed by atoms with van der Waals surface area (Å²) in [5, 5.41) is 0.548. The molecule has 3 nitrogen and oxygen atoms in total. The summed E-state index contributed by atoms with van der Waals surface area (Å²) >= 11 is 1.92. The quantitative estimate of drug-likeness (QED) is 0.747. The Morgan fingerprint density at radius 1 is 1.57 bits per heavy atom. The van der Waals surface area contributed by atoms with E-state index in [4.69, 9.17) is 5.73 Å². The van der Waals surface area contributed by atoms with Gasteiger partial charge in [-0.2, -0.15) is 11.8 Å². The van der Waals surface area contributed by atoms with Crippen LogP contribution in [0.5, 0.6) is 0 Å². The topological polar surface area (TPSA) is 46.3 Å². The Labute approximate surface area is 90.4 Å². The zero-order valence-corrected chi connectivity index (χ0v) is 10.0. The maximum atomic E-state index is 11.9. The minimum Gasteiger partial charge on any atom is -0.339 e. The molecule has 0 aliphatic carbocycles. The minimum absolute atomic E-state index is 0.118. The van der Waals surface area contributed by atoms with Gasteiger partial charge in [-0.25, -0.2) is 0 Å². The second kappa shape index (κ2) is 5.03. The van der Waals surface area contributed by atoms with E-state index in [-0.39, 0.29) is 17.9 Å².